The molecule has 0 atom stereocenters. The molecule has 1 aromatic rings. The van der Waals surface area contributed by atoms with Crippen molar-refractivity contribution >= 4 is 5.82 Å². The standard InChI is InChI=1S/C10H18N4O/c1-14(6-4-2-3-5-11)9-7-10(15)13-8-12-9/h7-8H,2-6,11H2,1H3,(H,12,13,15). The highest BCUT2D eigenvalue weighted by molar-refractivity contribution is 5.34. The third-order valence-corrected chi connectivity index (χ3v) is 2.25. The molecule has 15 heavy (non-hydrogen) atoms. The van der Waals surface area contributed by atoms with Crippen molar-refractivity contribution in [3.63, 3.8) is 0 Å². The first kappa shape index (κ1) is 11.7. The van der Waals surface area contributed by atoms with Crippen LogP contribution < -0.4 is 16.2 Å². The molecule has 5 nitrogen and oxygen atoms in total. The van der Waals surface area contributed by atoms with Crippen LogP contribution in [0.2, 0.25) is 0 Å². The van der Waals surface area contributed by atoms with E-state index < -0.39 is 0 Å². The van der Waals surface area contributed by atoms with Crippen LogP contribution in [0.4, 0.5) is 5.82 Å². The van der Waals surface area contributed by atoms with Crippen molar-refractivity contribution in [3.05, 3.63) is 22.7 Å². The topological polar surface area (TPSA) is 75.0 Å². The number of anilines is 1. The summed E-state index contributed by atoms with van der Waals surface area (Å²) in [4.78, 5) is 19.6. The van der Waals surface area contributed by atoms with E-state index in [1.54, 1.807) is 0 Å². The Bertz CT molecular complexity index is 336. The summed E-state index contributed by atoms with van der Waals surface area (Å²) < 4.78 is 0. The largest absolute Gasteiger partial charge is 0.359 e. The zero-order valence-electron chi connectivity index (χ0n) is 9.07. The van der Waals surface area contributed by atoms with Crippen LogP contribution in [0, 0.1) is 0 Å². The Hall–Kier alpha value is -1.36. The van der Waals surface area contributed by atoms with Crippen LogP contribution in [0.5, 0.6) is 0 Å². The molecule has 0 aliphatic carbocycles. The normalized spacial score (nSPS) is 10.3. The van der Waals surface area contributed by atoms with Gasteiger partial charge in [0.2, 0.25) is 0 Å². The van der Waals surface area contributed by atoms with Crippen LogP contribution in [0.15, 0.2) is 17.2 Å². The number of H-pyrrole nitrogens is 1. The molecule has 0 bridgehead atoms. The van der Waals surface area contributed by atoms with Crippen LogP contribution in [0.1, 0.15) is 19.3 Å². The van der Waals surface area contributed by atoms with Crippen molar-refractivity contribution < 1.29 is 0 Å². The zero-order chi connectivity index (χ0) is 11.1. The maximum atomic E-state index is 11.0. The van der Waals surface area contributed by atoms with E-state index in [0.717, 1.165) is 32.4 Å². The summed E-state index contributed by atoms with van der Waals surface area (Å²) in [7, 11) is 1.93. The summed E-state index contributed by atoms with van der Waals surface area (Å²) >= 11 is 0. The molecule has 0 aromatic carbocycles. The van der Waals surface area contributed by atoms with Gasteiger partial charge >= 0.3 is 0 Å². The maximum absolute atomic E-state index is 11.0. The number of unbranched alkanes of at least 4 members (excludes halogenated alkanes) is 2. The number of aromatic nitrogens is 2. The van der Waals surface area contributed by atoms with Crippen molar-refractivity contribution in [2.45, 2.75) is 19.3 Å². The molecule has 0 radical (unpaired) electrons. The predicted octanol–water partition coefficient (Wildman–Crippen LogP) is 0.335. The third-order valence-electron chi connectivity index (χ3n) is 2.25. The quantitative estimate of drug-likeness (QED) is 0.664. The summed E-state index contributed by atoms with van der Waals surface area (Å²) in [5, 5.41) is 0. The highest BCUT2D eigenvalue weighted by Crippen LogP contribution is 2.05. The number of nitrogens with two attached hydrogens (primary N) is 1. The zero-order valence-corrected chi connectivity index (χ0v) is 9.07. The molecular weight excluding hydrogens is 192 g/mol. The number of rotatable bonds is 6. The van der Waals surface area contributed by atoms with Crippen LogP contribution in [-0.2, 0) is 0 Å². The molecule has 0 aliphatic heterocycles. The number of nitrogens with one attached hydrogen (secondary N) is 1. The van der Waals surface area contributed by atoms with Gasteiger partial charge in [0.05, 0.1) is 6.33 Å². The number of aromatic amines is 1. The molecule has 5 heteroatoms. The fourth-order valence-corrected chi connectivity index (χ4v) is 1.35. The van der Waals surface area contributed by atoms with Gasteiger partial charge in [-0.2, -0.15) is 0 Å². The summed E-state index contributed by atoms with van der Waals surface area (Å²) in [6.45, 7) is 1.64. The molecular formula is C10H18N4O. The third kappa shape index (κ3) is 4.12. The second kappa shape index (κ2) is 6.19. The average molecular weight is 210 g/mol. The molecule has 0 spiro atoms. The summed E-state index contributed by atoms with van der Waals surface area (Å²) in [5.74, 6) is 0.714. The van der Waals surface area contributed by atoms with Crippen LogP contribution in [-0.4, -0.2) is 30.1 Å². The molecule has 0 amide bonds. The minimum Gasteiger partial charge on any atom is -0.359 e. The molecule has 0 fully saturated rings. The second-order valence-electron chi connectivity index (χ2n) is 3.54. The van der Waals surface area contributed by atoms with Gasteiger partial charge in [0.1, 0.15) is 5.82 Å². The number of hydrogen-bond acceptors (Lipinski definition) is 4. The Morgan fingerprint density at radius 2 is 2.27 bits per heavy atom. The summed E-state index contributed by atoms with van der Waals surface area (Å²) in [5.41, 5.74) is 5.29. The Labute approximate surface area is 89.3 Å². The highest BCUT2D eigenvalue weighted by atomic mass is 16.1. The SMILES string of the molecule is CN(CCCCCN)c1cc(=O)[nH]cn1. The molecule has 0 unspecified atom stereocenters. The lowest BCUT2D eigenvalue weighted by Gasteiger charge is -2.16. The molecule has 0 saturated carbocycles. The molecule has 84 valence electrons. The second-order valence-corrected chi connectivity index (χ2v) is 3.54. The molecule has 1 aromatic heterocycles. The van der Waals surface area contributed by atoms with E-state index in [4.69, 9.17) is 5.73 Å². The monoisotopic (exact) mass is 210 g/mol. The van der Waals surface area contributed by atoms with Crippen LogP contribution in [0.3, 0.4) is 0 Å². The van der Waals surface area contributed by atoms with Gasteiger partial charge in [-0.15, -0.1) is 0 Å². The van der Waals surface area contributed by atoms with E-state index >= 15 is 0 Å². The van der Waals surface area contributed by atoms with Crippen molar-refractivity contribution in [3.8, 4) is 0 Å². The molecule has 1 rings (SSSR count). The van der Waals surface area contributed by atoms with Crippen molar-refractivity contribution in [2.24, 2.45) is 5.73 Å². The van der Waals surface area contributed by atoms with E-state index in [9.17, 15) is 4.79 Å². The van der Waals surface area contributed by atoms with E-state index in [1.165, 1.54) is 12.4 Å². The number of hydrogen-bond donors (Lipinski definition) is 2. The van der Waals surface area contributed by atoms with Gasteiger partial charge in [0.25, 0.3) is 5.56 Å². The van der Waals surface area contributed by atoms with Gasteiger partial charge in [-0.25, -0.2) is 4.98 Å². The van der Waals surface area contributed by atoms with Gasteiger partial charge < -0.3 is 15.6 Å². The van der Waals surface area contributed by atoms with Gasteiger partial charge in [0.15, 0.2) is 0 Å². The molecule has 3 N–H and O–H groups in total. The van der Waals surface area contributed by atoms with Crippen molar-refractivity contribution in [1.29, 1.82) is 0 Å². The molecule has 0 saturated heterocycles. The Morgan fingerprint density at radius 1 is 1.47 bits per heavy atom. The first-order chi connectivity index (χ1) is 7.24. The fraction of sp³-hybridized carbons (Fsp3) is 0.600. The Morgan fingerprint density at radius 3 is 2.93 bits per heavy atom. The predicted molar refractivity (Wildman–Crippen MR) is 61.0 cm³/mol. The van der Waals surface area contributed by atoms with Gasteiger partial charge in [0, 0.05) is 19.7 Å². The van der Waals surface area contributed by atoms with E-state index in [-0.39, 0.29) is 5.56 Å². The van der Waals surface area contributed by atoms with E-state index in [2.05, 4.69) is 9.97 Å². The Balaban J connectivity index is 2.40. The van der Waals surface area contributed by atoms with E-state index in [1.807, 2.05) is 11.9 Å². The lowest BCUT2D eigenvalue weighted by atomic mass is 10.2. The molecule has 0 aliphatic rings. The maximum Gasteiger partial charge on any atom is 0.252 e. The van der Waals surface area contributed by atoms with Gasteiger partial charge in [-0.05, 0) is 19.4 Å². The minimum atomic E-state index is -0.117. The first-order valence-electron chi connectivity index (χ1n) is 5.20. The summed E-state index contributed by atoms with van der Waals surface area (Å²) in [6.07, 6.45) is 4.66. The highest BCUT2D eigenvalue weighted by Gasteiger charge is 2.01. The smallest absolute Gasteiger partial charge is 0.252 e. The number of nitrogens with zero attached hydrogens (tertiary/aromatic N) is 2. The first-order valence-corrected chi connectivity index (χ1v) is 5.20. The van der Waals surface area contributed by atoms with Gasteiger partial charge in [-0.1, -0.05) is 6.42 Å². The summed E-state index contributed by atoms with van der Waals surface area (Å²) in [6, 6.07) is 1.50. The minimum absolute atomic E-state index is 0.117. The Kier molecular flexibility index (Phi) is 4.83. The lowest BCUT2D eigenvalue weighted by molar-refractivity contribution is 0.675. The van der Waals surface area contributed by atoms with Crippen LogP contribution in [0.25, 0.3) is 0 Å². The van der Waals surface area contributed by atoms with E-state index in [0.29, 0.717) is 5.82 Å². The lowest BCUT2D eigenvalue weighted by Crippen LogP contribution is -2.22. The van der Waals surface area contributed by atoms with Crippen molar-refractivity contribution in [1.82, 2.24) is 9.97 Å². The van der Waals surface area contributed by atoms with Crippen molar-refractivity contribution in [2.75, 3.05) is 25.0 Å². The van der Waals surface area contributed by atoms with Gasteiger partial charge in [-0.3, -0.25) is 4.79 Å². The fourth-order valence-electron chi connectivity index (χ4n) is 1.35. The molecule has 1 heterocycles. The average Bonchev–Trinajstić information content (AvgIpc) is 2.24. The van der Waals surface area contributed by atoms with Crippen LogP contribution >= 0.6 is 0 Å².